The fourth-order valence-corrected chi connectivity index (χ4v) is 1.72. The van der Waals surface area contributed by atoms with Crippen LogP contribution in [-0.4, -0.2) is 37.5 Å². The minimum atomic E-state index is -0.525. The molecule has 0 unspecified atom stereocenters. The number of aromatic nitrogens is 1. The molecular formula is C14H26IN5O2. The molecular weight excluding hydrogens is 397 g/mol. The zero-order valence-corrected chi connectivity index (χ0v) is 16.4. The van der Waals surface area contributed by atoms with E-state index in [1.807, 2.05) is 27.7 Å². The van der Waals surface area contributed by atoms with Crippen molar-refractivity contribution >= 4 is 35.8 Å². The summed E-state index contributed by atoms with van der Waals surface area (Å²) in [6.07, 6.45) is 0. The number of nitrogens with zero attached hydrogens (tertiary/aromatic N) is 2. The number of amides is 1. The van der Waals surface area contributed by atoms with Gasteiger partial charge in [-0.3, -0.25) is 9.79 Å². The second-order valence-electron chi connectivity index (χ2n) is 5.49. The fourth-order valence-electron chi connectivity index (χ4n) is 1.72. The molecule has 0 aliphatic heterocycles. The first kappa shape index (κ1) is 20.7. The Bertz CT molecular complexity index is 506. The Hall–Kier alpha value is -1.32. The van der Waals surface area contributed by atoms with E-state index in [1.165, 1.54) is 0 Å². The maximum atomic E-state index is 11.7. The SMILES string of the molecule is CN=C(NCc1nc(C)c(C)o1)NCC(C)(C)C(=O)NC.I. The standard InChI is InChI=1S/C14H25N5O2.HI/c1-9-10(2)21-11(19-9)7-17-13(16-6)18-8-14(3,4)12(20)15-5;/h7-8H2,1-6H3,(H,15,20)(H2,16,17,18);1H. The minimum Gasteiger partial charge on any atom is -0.444 e. The largest absolute Gasteiger partial charge is 0.444 e. The average Bonchev–Trinajstić information content (AvgIpc) is 2.76. The van der Waals surface area contributed by atoms with Crippen LogP contribution in [0.2, 0.25) is 0 Å². The normalized spacial score (nSPS) is 11.6. The number of aliphatic imine (C=N–C) groups is 1. The quantitative estimate of drug-likeness (QED) is 0.378. The van der Waals surface area contributed by atoms with Gasteiger partial charge in [-0.15, -0.1) is 24.0 Å². The van der Waals surface area contributed by atoms with Gasteiger partial charge in [0.05, 0.1) is 17.7 Å². The zero-order valence-electron chi connectivity index (χ0n) is 14.0. The molecule has 0 saturated carbocycles. The predicted molar refractivity (Wildman–Crippen MR) is 97.4 cm³/mol. The van der Waals surface area contributed by atoms with Gasteiger partial charge < -0.3 is 20.4 Å². The van der Waals surface area contributed by atoms with E-state index in [1.54, 1.807) is 14.1 Å². The molecule has 0 saturated heterocycles. The Morgan fingerprint density at radius 1 is 1.32 bits per heavy atom. The van der Waals surface area contributed by atoms with Gasteiger partial charge in [0.2, 0.25) is 11.8 Å². The van der Waals surface area contributed by atoms with Gasteiger partial charge in [0.1, 0.15) is 5.76 Å². The van der Waals surface area contributed by atoms with Crippen molar-refractivity contribution in [2.24, 2.45) is 10.4 Å². The van der Waals surface area contributed by atoms with Crippen LogP contribution in [0.15, 0.2) is 9.41 Å². The van der Waals surface area contributed by atoms with E-state index in [4.69, 9.17) is 4.42 Å². The summed E-state index contributed by atoms with van der Waals surface area (Å²) < 4.78 is 5.49. The first-order chi connectivity index (χ1) is 9.80. The molecule has 0 aliphatic rings. The van der Waals surface area contributed by atoms with Gasteiger partial charge in [0.15, 0.2) is 5.96 Å². The lowest BCUT2D eigenvalue weighted by Crippen LogP contribution is -2.47. The van der Waals surface area contributed by atoms with E-state index in [-0.39, 0.29) is 29.9 Å². The highest BCUT2D eigenvalue weighted by molar-refractivity contribution is 14.0. The van der Waals surface area contributed by atoms with Gasteiger partial charge in [-0.25, -0.2) is 4.98 Å². The van der Waals surface area contributed by atoms with Crippen LogP contribution < -0.4 is 16.0 Å². The van der Waals surface area contributed by atoms with Crippen molar-refractivity contribution in [2.45, 2.75) is 34.2 Å². The van der Waals surface area contributed by atoms with Crippen LogP contribution >= 0.6 is 24.0 Å². The molecule has 126 valence electrons. The molecule has 0 atom stereocenters. The number of aryl methyl sites for hydroxylation is 2. The third kappa shape index (κ3) is 5.82. The lowest BCUT2D eigenvalue weighted by molar-refractivity contribution is -0.128. The maximum Gasteiger partial charge on any atom is 0.227 e. The van der Waals surface area contributed by atoms with Gasteiger partial charge in [-0.05, 0) is 27.7 Å². The van der Waals surface area contributed by atoms with E-state index in [0.717, 1.165) is 11.5 Å². The summed E-state index contributed by atoms with van der Waals surface area (Å²) in [4.78, 5) is 20.1. The second-order valence-corrected chi connectivity index (χ2v) is 5.49. The molecule has 1 amide bonds. The van der Waals surface area contributed by atoms with Crippen LogP contribution in [0.5, 0.6) is 0 Å². The summed E-state index contributed by atoms with van der Waals surface area (Å²) >= 11 is 0. The number of nitrogens with one attached hydrogen (secondary N) is 3. The molecule has 1 aromatic heterocycles. The molecule has 1 heterocycles. The minimum absolute atomic E-state index is 0. The fraction of sp³-hybridized carbons (Fsp3) is 0.643. The van der Waals surface area contributed by atoms with Crippen molar-refractivity contribution < 1.29 is 9.21 Å². The number of oxazole rings is 1. The topological polar surface area (TPSA) is 91.6 Å². The summed E-state index contributed by atoms with van der Waals surface area (Å²) in [5, 5.41) is 8.88. The Morgan fingerprint density at radius 3 is 2.41 bits per heavy atom. The van der Waals surface area contributed by atoms with Crippen molar-refractivity contribution in [3.63, 3.8) is 0 Å². The Morgan fingerprint density at radius 2 is 1.95 bits per heavy atom. The summed E-state index contributed by atoms with van der Waals surface area (Å²) in [5.41, 5.74) is 0.359. The molecule has 1 aromatic rings. The van der Waals surface area contributed by atoms with Crippen molar-refractivity contribution in [1.29, 1.82) is 0 Å². The summed E-state index contributed by atoms with van der Waals surface area (Å²) in [6.45, 7) is 8.43. The third-order valence-electron chi connectivity index (χ3n) is 3.24. The van der Waals surface area contributed by atoms with Gasteiger partial charge in [0.25, 0.3) is 0 Å². The molecule has 22 heavy (non-hydrogen) atoms. The smallest absolute Gasteiger partial charge is 0.227 e. The monoisotopic (exact) mass is 423 g/mol. The summed E-state index contributed by atoms with van der Waals surface area (Å²) in [7, 11) is 3.30. The molecule has 7 nitrogen and oxygen atoms in total. The predicted octanol–water partition coefficient (Wildman–Crippen LogP) is 1.35. The maximum absolute atomic E-state index is 11.7. The molecule has 0 aliphatic carbocycles. The number of halogens is 1. The highest BCUT2D eigenvalue weighted by atomic mass is 127. The molecule has 0 aromatic carbocycles. The third-order valence-corrected chi connectivity index (χ3v) is 3.24. The molecule has 8 heteroatoms. The van der Waals surface area contributed by atoms with Crippen LogP contribution in [0.3, 0.4) is 0 Å². The highest BCUT2D eigenvalue weighted by Gasteiger charge is 2.26. The van der Waals surface area contributed by atoms with Crippen LogP contribution in [0, 0.1) is 19.3 Å². The summed E-state index contributed by atoms with van der Waals surface area (Å²) in [6, 6.07) is 0. The molecule has 0 bridgehead atoms. The van der Waals surface area contributed by atoms with Crippen LogP contribution in [0.4, 0.5) is 0 Å². The van der Waals surface area contributed by atoms with Crippen LogP contribution in [0.1, 0.15) is 31.2 Å². The first-order valence-electron chi connectivity index (χ1n) is 6.89. The van der Waals surface area contributed by atoms with Gasteiger partial charge >= 0.3 is 0 Å². The van der Waals surface area contributed by atoms with Crippen LogP contribution in [-0.2, 0) is 11.3 Å². The Balaban J connectivity index is 0.00000441. The number of hydrogen-bond donors (Lipinski definition) is 3. The van der Waals surface area contributed by atoms with Crippen molar-refractivity contribution in [1.82, 2.24) is 20.9 Å². The lowest BCUT2D eigenvalue weighted by Gasteiger charge is -2.24. The van der Waals surface area contributed by atoms with Gasteiger partial charge in [-0.1, -0.05) is 0 Å². The molecule has 0 radical (unpaired) electrons. The lowest BCUT2D eigenvalue weighted by atomic mass is 9.92. The van der Waals surface area contributed by atoms with E-state index < -0.39 is 5.41 Å². The highest BCUT2D eigenvalue weighted by Crippen LogP contribution is 2.13. The van der Waals surface area contributed by atoms with Crippen molar-refractivity contribution in [3.05, 3.63) is 17.3 Å². The Kier molecular flexibility index (Phi) is 8.43. The van der Waals surface area contributed by atoms with E-state index in [2.05, 4.69) is 25.9 Å². The number of guanidine groups is 1. The number of carbonyl (C=O) groups is 1. The Labute approximate surface area is 148 Å². The zero-order chi connectivity index (χ0) is 16.0. The van der Waals surface area contributed by atoms with Crippen molar-refractivity contribution in [3.8, 4) is 0 Å². The van der Waals surface area contributed by atoms with Crippen LogP contribution in [0.25, 0.3) is 0 Å². The average molecular weight is 423 g/mol. The van der Waals surface area contributed by atoms with Crippen molar-refractivity contribution in [2.75, 3.05) is 20.6 Å². The van der Waals surface area contributed by atoms with E-state index in [9.17, 15) is 4.79 Å². The summed E-state index contributed by atoms with van der Waals surface area (Å²) in [5.74, 6) is 2.00. The molecule has 0 spiro atoms. The van der Waals surface area contributed by atoms with E-state index >= 15 is 0 Å². The number of carbonyl (C=O) groups excluding carboxylic acids is 1. The second kappa shape index (κ2) is 8.96. The number of hydrogen-bond acceptors (Lipinski definition) is 4. The molecule has 1 rings (SSSR count). The number of rotatable bonds is 5. The molecule has 3 N–H and O–H groups in total. The van der Waals surface area contributed by atoms with Gasteiger partial charge in [0, 0.05) is 20.6 Å². The first-order valence-corrected chi connectivity index (χ1v) is 6.89. The molecule has 0 fully saturated rings. The van der Waals surface area contributed by atoms with Gasteiger partial charge in [-0.2, -0.15) is 0 Å². The van der Waals surface area contributed by atoms with E-state index in [0.29, 0.717) is 24.9 Å².